The van der Waals surface area contributed by atoms with Crippen LogP contribution < -0.4 is 4.90 Å². The molecule has 0 bridgehead atoms. The summed E-state index contributed by atoms with van der Waals surface area (Å²) in [7, 11) is -3.46. The van der Waals surface area contributed by atoms with Crippen LogP contribution in [0.15, 0.2) is 29.2 Å². The molecule has 108 valence electrons. The minimum Gasteiger partial charge on any atom is -0.333 e. The number of nitrogens with zero attached hydrogens (tertiary/aromatic N) is 2. The van der Waals surface area contributed by atoms with E-state index >= 15 is 0 Å². The van der Waals surface area contributed by atoms with Gasteiger partial charge in [0.05, 0.1) is 49.3 Å². The highest BCUT2D eigenvalue weighted by molar-refractivity contribution is 7.89. The SMILES string of the molecule is CCC[NH+]1CCN(S(=O)(=O)c2cccc(C#N)c2)CC1. The Morgan fingerprint density at radius 1 is 1.35 bits per heavy atom. The van der Waals surface area contributed by atoms with E-state index in [9.17, 15) is 8.42 Å². The van der Waals surface area contributed by atoms with E-state index in [1.54, 1.807) is 18.2 Å². The van der Waals surface area contributed by atoms with Gasteiger partial charge in [-0.1, -0.05) is 13.0 Å². The van der Waals surface area contributed by atoms with Gasteiger partial charge >= 0.3 is 0 Å². The average molecular weight is 294 g/mol. The molecule has 1 aromatic rings. The lowest BCUT2D eigenvalue weighted by Crippen LogP contribution is -3.14. The smallest absolute Gasteiger partial charge is 0.243 e. The van der Waals surface area contributed by atoms with Crippen molar-refractivity contribution in [2.75, 3.05) is 32.7 Å². The predicted molar refractivity (Wildman–Crippen MR) is 75.8 cm³/mol. The van der Waals surface area contributed by atoms with Gasteiger partial charge in [-0.3, -0.25) is 0 Å². The number of nitrogens with one attached hydrogen (secondary N) is 1. The van der Waals surface area contributed by atoms with E-state index in [4.69, 9.17) is 5.26 Å². The second kappa shape index (κ2) is 6.35. The van der Waals surface area contributed by atoms with Crippen LogP contribution in [0.25, 0.3) is 0 Å². The van der Waals surface area contributed by atoms with E-state index in [0.29, 0.717) is 18.7 Å². The van der Waals surface area contributed by atoms with Crippen LogP contribution in [0.4, 0.5) is 0 Å². The highest BCUT2D eigenvalue weighted by atomic mass is 32.2. The lowest BCUT2D eigenvalue weighted by atomic mass is 10.2. The Hall–Kier alpha value is -1.42. The minimum absolute atomic E-state index is 0.218. The van der Waals surface area contributed by atoms with Gasteiger partial charge in [0.2, 0.25) is 10.0 Å². The maximum Gasteiger partial charge on any atom is 0.243 e. The lowest BCUT2D eigenvalue weighted by molar-refractivity contribution is -0.903. The first-order chi connectivity index (χ1) is 9.57. The number of nitriles is 1. The van der Waals surface area contributed by atoms with E-state index in [0.717, 1.165) is 26.1 Å². The Kier molecular flexibility index (Phi) is 4.76. The molecule has 0 amide bonds. The summed E-state index contributed by atoms with van der Waals surface area (Å²) in [6, 6.07) is 8.21. The first-order valence-corrected chi connectivity index (χ1v) is 8.36. The summed E-state index contributed by atoms with van der Waals surface area (Å²) in [5.41, 5.74) is 0.376. The van der Waals surface area contributed by atoms with Gasteiger partial charge < -0.3 is 4.90 Å². The zero-order valence-electron chi connectivity index (χ0n) is 11.7. The number of hydrogen-bond donors (Lipinski definition) is 1. The Bertz CT molecular complexity index is 599. The molecule has 20 heavy (non-hydrogen) atoms. The summed E-state index contributed by atoms with van der Waals surface area (Å²) in [5.74, 6) is 0. The molecule has 0 atom stereocenters. The number of sulfonamides is 1. The summed E-state index contributed by atoms with van der Waals surface area (Å²) in [6.07, 6.45) is 1.12. The van der Waals surface area contributed by atoms with Crippen LogP contribution in [0.3, 0.4) is 0 Å². The van der Waals surface area contributed by atoms with Crippen molar-refractivity contribution in [3.05, 3.63) is 29.8 Å². The van der Waals surface area contributed by atoms with Crippen molar-refractivity contribution in [1.82, 2.24) is 4.31 Å². The summed E-state index contributed by atoms with van der Waals surface area (Å²) in [5, 5.41) is 8.87. The van der Waals surface area contributed by atoms with Crippen molar-refractivity contribution in [2.45, 2.75) is 18.2 Å². The highest BCUT2D eigenvalue weighted by Crippen LogP contribution is 2.16. The third kappa shape index (κ3) is 3.18. The number of quaternary nitrogens is 1. The summed E-state index contributed by atoms with van der Waals surface area (Å²) in [6.45, 7) is 6.04. The second-order valence-electron chi connectivity index (χ2n) is 5.04. The topological polar surface area (TPSA) is 65.6 Å². The maximum absolute atomic E-state index is 12.5. The maximum atomic E-state index is 12.5. The van der Waals surface area contributed by atoms with E-state index < -0.39 is 10.0 Å². The van der Waals surface area contributed by atoms with Gasteiger partial charge in [0.1, 0.15) is 0 Å². The van der Waals surface area contributed by atoms with Gasteiger partial charge in [-0.2, -0.15) is 9.57 Å². The van der Waals surface area contributed by atoms with Crippen molar-refractivity contribution in [2.24, 2.45) is 0 Å². The molecule has 1 saturated heterocycles. The first-order valence-electron chi connectivity index (χ1n) is 6.92. The fraction of sp³-hybridized carbons (Fsp3) is 0.500. The van der Waals surface area contributed by atoms with E-state index in [1.165, 1.54) is 15.3 Å². The summed E-state index contributed by atoms with van der Waals surface area (Å²) in [4.78, 5) is 1.68. The first kappa shape index (κ1) is 15.0. The normalized spacial score (nSPS) is 17.8. The molecule has 1 heterocycles. The van der Waals surface area contributed by atoms with Crippen molar-refractivity contribution >= 4 is 10.0 Å². The summed E-state index contributed by atoms with van der Waals surface area (Å²) < 4.78 is 26.6. The van der Waals surface area contributed by atoms with Gasteiger partial charge in [-0.05, 0) is 24.6 Å². The van der Waals surface area contributed by atoms with Crippen molar-refractivity contribution < 1.29 is 13.3 Å². The molecule has 0 saturated carbocycles. The van der Waals surface area contributed by atoms with Gasteiger partial charge in [0.25, 0.3) is 0 Å². The fourth-order valence-electron chi connectivity index (χ4n) is 2.52. The molecule has 5 nitrogen and oxygen atoms in total. The average Bonchev–Trinajstić information content (AvgIpc) is 2.48. The molecular formula is C14H20N3O2S+. The molecule has 0 spiro atoms. The second-order valence-corrected chi connectivity index (χ2v) is 6.98. The molecule has 1 aliphatic heterocycles. The quantitative estimate of drug-likeness (QED) is 0.840. The minimum atomic E-state index is -3.46. The monoisotopic (exact) mass is 294 g/mol. The molecule has 1 fully saturated rings. The molecule has 2 rings (SSSR count). The largest absolute Gasteiger partial charge is 0.333 e. The van der Waals surface area contributed by atoms with E-state index in [2.05, 4.69) is 6.92 Å². The Labute approximate surface area is 120 Å². The molecule has 0 radical (unpaired) electrons. The van der Waals surface area contributed by atoms with E-state index in [1.807, 2.05) is 6.07 Å². The van der Waals surface area contributed by atoms with Crippen LogP contribution in [-0.2, 0) is 10.0 Å². The van der Waals surface area contributed by atoms with Crippen LogP contribution in [0.5, 0.6) is 0 Å². The van der Waals surface area contributed by atoms with Crippen molar-refractivity contribution in [1.29, 1.82) is 5.26 Å². The van der Waals surface area contributed by atoms with Crippen molar-refractivity contribution in [3.8, 4) is 6.07 Å². The molecule has 6 heteroatoms. The third-order valence-electron chi connectivity index (χ3n) is 3.63. The standard InChI is InChI=1S/C14H19N3O2S/c1-2-6-16-7-9-17(10-8-16)20(18,19)14-5-3-4-13(11-14)12-15/h3-5,11H,2,6-10H2,1H3/p+1. The molecular weight excluding hydrogens is 274 g/mol. The number of rotatable bonds is 4. The fourth-order valence-corrected chi connectivity index (χ4v) is 4.01. The van der Waals surface area contributed by atoms with Gasteiger partial charge in [-0.15, -0.1) is 0 Å². The molecule has 1 aliphatic rings. The third-order valence-corrected chi connectivity index (χ3v) is 5.53. The highest BCUT2D eigenvalue weighted by Gasteiger charge is 2.30. The van der Waals surface area contributed by atoms with Crippen LogP contribution >= 0.6 is 0 Å². The van der Waals surface area contributed by atoms with Crippen LogP contribution in [0.2, 0.25) is 0 Å². The molecule has 1 aromatic carbocycles. The summed E-state index contributed by atoms with van der Waals surface area (Å²) >= 11 is 0. The van der Waals surface area contributed by atoms with Gasteiger partial charge in [0.15, 0.2) is 0 Å². The number of hydrogen-bond acceptors (Lipinski definition) is 3. The van der Waals surface area contributed by atoms with Crippen molar-refractivity contribution in [3.63, 3.8) is 0 Å². The molecule has 1 N–H and O–H groups in total. The van der Waals surface area contributed by atoms with Gasteiger partial charge in [-0.25, -0.2) is 8.42 Å². The molecule has 0 aromatic heterocycles. The molecule has 0 unspecified atom stereocenters. The van der Waals surface area contributed by atoms with E-state index in [-0.39, 0.29) is 4.90 Å². The van der Waals surface area contributed by atoms with Crippen LogP contribution in [0, 0.1) is 11.3 Å². The zero-order chi connectivity index (χ0) is 14.6. The Morgan fingerprint density at radius 3 is 2.65 bits per heavy atom. The number of piperazine rings is 1. The Morgan fingerprint density at radius 2 is 2.05 bits per heavy atom. The lowest BCUT2D eigenvalue weighted by Gasteiger charge is -2.31. The molecule has 0 aliphatic carbocycles. The zero-order valence-corrected chi connectivity index (χ0v) is 12.5. The predicted octanol–water partition coefficient (Wildman–Crippen LogP) is -0.143. The van der Waals surface area contributed by atoms with Gasteiger partial charge in [0, 0.05) is 0 Å². The number of benzene rings is 1. The Balaban J connectivity index is 2.13. The van der Waals surface area contributed by atoms with Crippen LogP contribution in [0.1, 0.15) is 18.9 Å². The van der Waals surface area contributed by atoms with Crippen LogP contribution in [-0.4, -0.2) is 45.4 Å².